The van der Waals surface area contributed by atoms with Gasteiger partial charge in [0.25, 0.3) is 0 Å². The number of hydrogen-bond acceptors (Lipinski definition) is 6. The second-order valence-electron chi connectivity index (χ2n) is 3.47. The minimum Gasteiger partial charge on any atom is -0.370 e. The molecule has 0 unspecified atom stereocenters. The molecule has 0 bridgehead atoms. The highest BCUT2D eigenvalue weighted by Gasteiger charge is 1.92. The summed E-state index contributed by atoms with van der Waals surface area (Å²) in [5, 5.41) is 3.92. The summed E-state index contributed by atoms with van der Waals surface area (Å²) in [6, 6.07) is 0. The molecule has 0 radical (unpaired) electrons. The Morgan fingerprint density at radius 1 is 1.06 bits per heavy atom. The van der Waals surface area contributed by atoms with Gasteiger partial charge < -0.3 is 15.3 Å². The largest absolute Gasteiger partial charge is 0.370 e. The van der Waals surface area contributed by atoms with Crippen molar-refractivity contribution in [2.45, 2.75) is 0 Å². The Balaban J connectivity index is 0.000000111. The first-order valence-electron chi connectivity index (χ1n) is 5.30. The zero-order valence-corrected chi connectivity index (χ0v) is 9.33. The smallest absolute Gasteiger partial charge is 0.180 e. The maximum absolute atomic E-state index is 4.07. The highest BCUT2D eigenvalue weighted by Crippen LogP contribution is 1.99. The predicted octanol–water partition coefficient (Wildman–Crippen LogP) is -1.32. The lowest BCUT2D eigenvalue weighted by molar-refractivity contribution is 0.848. The van der Waals surface area contributed by atoms with Crippen molar-refractivity contribution in [2.24, 2.45) is 4.99 Å². The highest BCUT2D eigenvalue weighted by molar-refractivity contribution is 5.67. The monoisotopic (exact) mass is 242 g/mol. The molecule has 4 rings (SSSR count). The number of aromatic nitrogens is 6. The average Bonchev–Trinajstić information content (AvgIpc) is 3.08. The molecule has 3 aromatic heterocycles. The summed E-state index contributed by atoms with van der Waals surface area (Å²) in [7, 11) is 0. The van der Waals surface area contributed by atoms with Gasteiger partial charge in [-0.05, 0) is 0 Å². The van der Waals surface area contributed by atoms with Crippen LogP contribution in [0.4, 0.5) is 0 Å². The Morgan fingerprint density at radius 2 is 2.00 bits per heavy atom. The third kappa shape index (κ3) is 2.03. The van der Waals surface area contributed by atoms with Crippen molar-refractivity contribution in [3.8, 4) is 0 Å². The van der Waals surface area contributed by atoms with E-state index in [4.69, 9.17) is 0 Å². The van der Waals surface area contributed by atoms with Crippen LogP contribution in [0.3, 0.4) is 0 Å². The standard InChI is InChI=1S/C5H6N4.C5H4N4/c2*1-4-5(8-2-6-1)9-3-7-4/h1,3,6H,2H2,(H,7,8,9);1-3H,(H,6,7,8,9). The maximum atomic E-state index is 4.07. The van der Waals surface area contributed by atoms with Gasteiger partial charge in [-0.2, -0.15) is 0 Å². The molecule has 0 aromatic carbocycles. The van der Waals surface area contributed by atoms with Gasteiger partial charge in [0, 0.05) is 6.20 Å². The first-order chi connectivity index (χ1) is 8.93. The number of aromatic amines is 2. The Bertz CT molecular complexity index is 695. The molecular weight excluding hydrogens is 232 g/mol. The molecule has 0 fully saturated rings. The fraction of sp³-hybridized carbons (Fsp3) is 0.100. The molecule has 0 spiro atoms. The fourth-order valence-corrected chi connectivity index (χ4v) is 1.49. The molecule has 3 aromatic rings. The molecule has 0 saturated carbocycles. The van der Waals surface area contributed by atoms with Gasteiger partial charge in [-0.25, -0.2) is 24.9 Å². The van der Waals surface area contributed by atoms with E-state index >= 15 is 0 Å². The maximum Gasteiger partial charge on any atom is 0.180 e. The summed E-state index contributed by atoms with van der Waals surface area (Å²) in [4.78, 5) is 25.5. The highest BCUT2D eigenvalue weighted by atomic mass is 15.1. The van der Waals surface area contributed by atoms with Gasteiger partial charge in [-0.1, -0.05) is 0 Å². The zero-order valence-electron chi connectivity index (χ0n) is 9.33. The molecule has 8 nitrogen and oxygen atoms in total. The van der Waals surface area contributed by atoms with E-state index in [1.807, 2.05) is 6.20 Å². The third-order valence-corrected chi connectivity index (χ3v) is 2.31. The lowest BCUT2D eigenvalue weighted by atomic mass is 10.6. The van der Waals surface area contributed by atoms with E-state index in [-0.39, 0.29) is 0 Å². The molecule has 8 heteroatoms. The Kier molecular flexibility index (Phi) is 2.66. The van der Waals surface area contributed by atoms with Gasteiger partial charge in [0.15, 0.2) is 11.1 Å². The molecule has 4 heterocycles. The van der Waals surface area contributed by atoms with Crippen molar-refractivity contribution in [1.29, 1.82) is 0 Å². The van der Waals surface area contributed by atoms with E-state index in [1.54, 1.807) is 18.9 Å². The second kappa shape index (κ2) is 4.62. The molecule has 3 N–H and O–H groups in total. The minimum absolute atomic E-state index is 0.637. The van der Waals surface area contributed by atoms with Crippen LogP contribution in [-0.2, 0) is 0 Å². The van der Waals surface area contributed by atoms with Crippen molar-refractivity contribution in [3.05, 3.63) is 36.0 Å². The first-order valence-corrected chi connectivity index (χ1v) is 5.30. The molecule has 0 amide bonds. The summed E-state index contributed by atoms with van der Waals surface area (Å²) >= 11 is 0. The van der Waals surface area contributed by atoms with Gasteiger partial charge in [0.2, 0.25) is 0 Å². The fourth-order valence-electron chi connectivity index (χ4n) is 1.49. The molecule has 0 aliphatic carbocycles. The van der Waals surface area contributed by atoms with E-state index in [2.05, 4.69) is 40.2 Å². The van der Waals surface area contributed by atoms with Gasteiger partial charge in [-0.15, -0.1) is 0 Å². The summed E-state index contributed by atoms with van der Waals surface area (Å²) < 4.78 is 0. The summed E-state index contributed by atoms with van der Waals surface area (Å²) in [6.07, 6.45) is 8.27. The number of hydrogen-bond donors (Lipinski definition) is 3. The van der Waals surface area contributed by atoms with Gasteiger partial charge in [0.1, 0.15) is 23.9 Å². The predicted molar refractivity (Wildman–Crippen MR) is 63.5 cm³/mol. The Labute approximate surface area is 101 Å². The molecule has 1 aliphatic rings. The molecule has 90 valence electrons. The van der Waals surface area contributed by atoms with Crippen molar-refractivity contribution < 1.29 is 0 Å². The Hall–Kier alpha value is -2.77. The number of nitrogens with one attached hydrogen (secondary N) is 3. The van der Waals surface area contributed by atoms with Crippen LogP contribution in [0.1, 0.15) is 0 Å². The number of fused-ring (bicyclic) bond motifs is 2. The Morgan fingerprint density at radius 3 is 2.89 bits per heavy atom. The van der Waals surface area contributed by atoms with E-state index in [9.17, 15) is 0 Å². The van der Waals surface area contributed by atoms with Gasteiger partial charge in [0.05, 0.1) is 18.9 Å². The lowest BCUT2D eigenvalue weighted by Gasteiger charge is -1.94. The molecule has 0 atom stereocenters. The van der Waals surface area contributed by atoms with Crippen molar-refractivity contribution in [2.75, 3.05) is 6.67 Å². The van der Waals surface area contributed by atoms with Crippen LogP contribution in [0.25, 0.3) is 17.4 Å². The normalized spacial score (nSPS) is 12.4. The first kappa shape index (κ1) is 10.4. The van der Waals surface area contributed by atoms with Gasteiger partial charge >= 0.3 is 0 Å². The number of rotatable bonds is 0. The van der Waals surface area contributed by atoms with Gasteiger partial charge in [-0.3, -0.25) is 0 Å². The molecular formula is C10H10N8. The number of nitrogens with zero attached hydrogens (tertiary/aromatic N) is 5. The molecule has 18 heavy (non-hydrogen) atoms. The molecule has 1 aliphatic heterocycles. The summed E-state index contributed by atoms with van der Waals surface area (Å²) in [5.74, 6) is 0. The van der Waals surface area contributed by atoms with E-state index in [0.717, 1.165) is 16.4 Å². The summed E-state index contributed by atoms with van der Waals surface area (Å²) in [6.45, 7) is 0.637. The van der Waals surface area contributed by atoms with Crippen LogP contribution in [0, 0.1) is 0 Å². The SMILES string of the molecule is C1=c2[nH]cnc2=NCN1.c1ncc2[nH]cnc2n1. The van der Waals surface area contributed by atoms with Crippen LogP contribution in [-0.4, -0.2) is 36.6 Å². The van der Waals surface area contributed by atoms with Crippen molar-refractivity contribution in [1.82, 2.24) is 35.2 Å². The topological polar surface area (TPSA) is 108 Å². The van der Waals surface area contributed by atoms with Crippen molar-refractivity contribution >= 4 is 17.4 Å². The van der Waals surface area contributed by atoms with E-state index in [0.29, 0.717) is 12.3 Å². The second-order valence-corrected chi connectivity index (χ2v) is 3.47. The van der Waals surface area contributed by atoms with Crippen LogP contribution in [0.15, 0.2) is 30.2 Å². The third-order valence-electron chi connectivity index (χ3n) is 2.31. The van der Waals surface area contributed by atoms with Crippen LogP contribution >= 0.6 is 0 Å². The van der Waals surface area contributed by atoms with Crippen LogP contribution in [0.2, 0.25) is 0 Å². The number of imidazole rings is 2. The summed E-state index contributed by atoms with van der Waals surface area (Å²) in [5.41, 5.74) is 2.39. The van der Waals surface area contributed by atoms with Crippen LogP contribution < -0.4 is 16.2 Å². The average molecular weight is 242 g/mol. The van der Waals surface area contributed by atoms with E-state index in [1.165, 1.54) is 6.33 Å². The quantitative estimate of drug-likeness (QED) is 0.453. The zero-order chi connectivity index (χ0) is 12.2. The minimum atomic E-state index is 0.637. The number of H-pyrrole nitrogens is 2. The van der Waals surface area contributed by atoms with Crippen LogP contribution in [0.5, 0.6) is 0 Å². The van der Waals surface area contributed by atoms with Crippen molar-refractivity contribution in [3.63, 3.8) is 0 Å². The lowest BCUT2D eigenvalue weighted by Crippen LogP contribution is -2.33. The molecule has 0 saturated heterocycles. The van der Waals surface area contributed by atoms with E-state index < -0.39 is 0 Å².